The van der Waals surface area contributed by atoms with Gasteiger partial charge in [-0.3, -0.25) is 0 Å². The van der Waals surface area contributed by atoms with Crippen LogP contribution in [0.15, 0.2) is 103 Å². The van der Waals surface area contributed by atoms with Gasteiger partial charge >= 0.3 is 0 Å². The topological polar surface area (TPSA) is 20.2 Å². The SMILES string of the molecule is O[P+](c1ccccc1)(c1ccc2ccc3c4c2c1CC=C4CC=C3)c1ccc2c3c4c(ccc13)C=CCC4=CC2. The highest BCUT2D eigenvalue weighted by molar-refractivity contribution is 7.91. The van der Waals surface area contributed by atoms with E-state index in [1.54, 1.807) is 0 Å². The maximum absolute atomic E-state index is 13.4. The zero-order valence-corrected chi connectivity index (χ0v) is 23.1. The summed E-state index contributed by atoms with van der Waals surface area (Å²) < 4.78 is 0. The lowest BCUT2D eigenvalue weighted by Gasteiger charge is -2.29. The number of hydrogen-bond donors (Lipinski definition) is 1. The van der Waals surface area contributed by atoms with E-state index < -0.39 is 7.49 Å². The Kier molecular flexibility index (Phi) is 4.69. The number of allylic oxidation sites excluding steroid dienone is 6. The Hall–Kier alpha value is -4.03. The van der Waals surface area contributed by atoms with E-state index in [0.29, 0.717) is 0 Å². The number of benzene rings is 5. The molecule has 0 bridgehead atoms. The van der Waals surface area contributed by atoms with Crippen molar-refractivity contribution < 1.29 is 4.89 Å². The van der Waals surface area contributed by atoms with Crippen molar-refractivity contribution in [1.82, 2.24) is 0 Å². The van der Waals surface area contributed by atoms with Crippen molar-refractivity contribution in [2.75, 3.05) is 0 Å². The van der Waals surface area contributed by atoms with Gasteiger partial charge in [0.25, 0.3) is 0 Å². The van der Waals surface area contributed by atoms with Gasteiger partial charge in [0, 0.05) is 10.9 Å². The van der Waals surface area contributed by atoms with Crippen LogP contribution < -0.4 is 15.9 Å². The second-order valence-corrected chi connectivity index (χ2v) is 14.2. The molecule has 0 radical (unpaired) electrons. The quantitative estimate of drug-likeness (QED) is 0.235. The fraction of sp³-hybridized carbons (Fsp3) is 0.105. The van der Waals surface area contributed by atoms with E-state index in [4.69, 9.17) is 0 Å². The smallest absolute Gasteiger partial charge is 0.235 e. The minimum atomic E-state index is -2.98. The maximum atomic E-state index is 13.4. The summed E-state index contributed by atoms with van der Waals surface area (Å²) in [5.74, 6) is 0. The van der Waals surface area contributed by atoms with Crippen molar-refractivity contribution in [2.24, 2.45) is 0 Å². The van der Waals surface area contributed by atoms with Gasteiger partial charge in [0.1, 0.15) is 15.9 Å². The summed E-state index contributed by atoms with van der Waals surface area (Å²) in [4.78, 5) is 13.4. The van der Waals surface area contributed by atoms with Crippen LogP contribution >= 0.6 is 7.49 Å². The largest absolute Gasteiger partial charge is 0.239 e. The van der Waals surface area contributed by atoms with Crippen LogP contribution in [0.3, 0.4) is 0 Å². The molecule has 5 aromatic carbocycles. The molecule has 4 aliphatic rings. The summed E-state index contributed by atoms with van der Waals surface area (Å²) in [7, 11) is -2.98. The molecule has 1 unspecified atom stereocenters. The van der Waals surface area contributed by atoms with Crippen LogP contribution in [-0.2, 0) is 12.8 Å². The minimum Gasteiger partial charge on any atom is -0.235 e. The molecule has 0 aliphatic heterocycles. The molecule has 1 atom stereocenters. The van der Waals surface area contributed by atoms with E-state index in [1.807, 2.05) is 0 Å². The monoisotopic (exact) mass is 531 g/mol. The van der Waals surface area contributed by atoms with Gasteiger partial charge in [0.05, 0.1) is 0 Å². The zero-order chi connectivity index (χ0) is 26.4. The Morgan fingerprint density at radius 2 is 1.25 bits per heavy atom. The Balaban J connectivity index is 1.40. The third kappa shape index (κ3) is 2.95. The van der Waals surface area contributed by atoms with Crippen LogP contribution in [0.4, 0.5) is 0 Å². The summed E-state index contributed by atoms with van der Waals surface area (Å²) in [6.07, 6.45) is 17.7. The van der Waals surface area contributed by atoms with Crippen LogP contribution in [0.25, 0.3) is 44.8 Å². The van der Waals surface area contributed by atoms with Crippen LogP contribution in [-0.4, -0.2) is 4.89 Å². The van der Waals surface area contributed by atoms with Crippen LogP contribution in [0.2, 0.25) is 0 Å². The molecule has 0 saturated heterocycles. The van der Waals surface area contributed by atoms with Crippen molar-refractivity contribution in [3.63, 3.8) is 0 Å². The first-order valence-corrected chi connectivity index (χ1v) is 16.0. The average Bonchev–Trinajstić information content (AvgIpc) is 3.02. The van der Waals surface area contributed by atoms with Crippen LogP contribution in [0.5, 0.6) is 0 Å². The van der Waals surface area contributed by atoms with Crippen molar-refractivity contribution in [3.05, 3.63) is 137 Å². The molecule has 0 amide bonds. The molecule has 0 aromatic heterocycles. The van der Waals surface area contributed by atoms with E-state index >= 15 is 0 Å². The van der Waals surface area contributed by atoms with Crippen molar-refractivity contribution in [3.8, 4) is 0 Å². The summed E-state index contributed by atoms with van der Waals surface area (Å²) in [5, 5.41) is 8.34. The third-order valence-electron chi connectivity index (χ3n) is 9.44. The van der Waals surface area contributed by atoms with Crippen molar-refractivity contribution in [2.45, 2.75) is 25.7 Å². The van der Waals surface area contributed by atoms with Gasteiger partial charge in [-0.25, -0.2) is 4.89 Å². The molecular formula is C38H28OP+. The lowest BCUT2D eigenvalue weighted by molar-refractivity contribution is 0.633. The predicted octanol–water partition coefficient (Wildman–Crippen LogP) is 7.91. The minimum absolute atomic E-state index is 0.852. The van der Waals surface area contributed by atoms with Gasteiger partial charge in [-0.2, -0.15) is 0 Å². The molecule has 1 N–H and O–H groups in total. The molecule has 4 aliphatic carbocycles. The molecule has 0 saturated carbocycles. The van der Waals surface area contributed by atoms with Gasteiger partial charge in [-0.15, -0.1) is 0 Å². The molecule has 1 nitrogen and oxygen atoms in total. The summed E-state index contributed by atoms with van der Waals surface area (Å²) >= 11 is 0. The fourth-order valence-corrected chi connectivity index (χ4v) is 10.8. The molecule has 0 fully saturated rings. The molecule has 0 spiro atoms. The molecule has 0 heterocycles. The Bertz CT molecular complexity index is 2060. The normalized spacial score (nSPS) is 17.5. The Labute approximate surface area is 234 Å². The molecule has 40 heavy (non-hydrogen) atoms. The third-order valence-corrected chi connectivity index (χ3v) is 12.7. The summed E-state index contributed by atoms with van der Waals surface area (Å²) in [5.41, 5.74) is 10.8. The lowest BCUT2D eigenvalue weighted by Crippen LogP contribution is -2.34. The van der Waals surface area contributed by atoms with Crippen LogP contribution in [0, 0.1) is 0 Å². The summed E-state index contributed by atoms with van der Waals surface area (Å²) in [6.45, 7) is 0. The first-order chi connectivity index (χ1) is 19.7. The maximum Gasteiger partial charge on any atom is 0.239 e. The highest BCUT2D eigenvalue weighted by atomic mass is 31.2. The average molecular weight is 532 g/mol. The molecule has 190 valence electrons. The standard InChI is InChI=1S/C38H28OP/c39-40(30-10-2-1-3-11-30,33-22-18-28-14-12-24-6-4-8-26-16-20-31(33)37(28)35(24)26)34-23-19-29-15-13-25-7-5-9-27-17-21-32(34)38(29)36(25)27/h1-6,9-14,16-19,21-23,39H,7-8,15,20H2/q+1. The molecule has 2 heteroatoms. The number of rotatable bonds is 3. The number of hydrogen-bond acceptors (Lipinski definition) is 1. The van der Waals surface area contributed by atoms with Crippen molar-refractivity contribution in [1.29, 1.82) is 0 Å². The lowest BCUT2D eigenvalue weighted by atomic mass is 9.81. The fourth-order valence-electron chi connectivity index (χ4n) is 7.66. The second-order valence-electron chi connectivity index (χ2n) is 11.4. The van der Waals surface area contributed by atoms with Crippen LogP contribution in [0.1, 0.15) is 46.2 Å². The molecular weight excluding hydrogens is 503 g/mol. The van der Waals surface area contributed by atoms with E-state index in [-0.39, 0.29) is 0 Å². The van der Waals surface area contributed by atoms with Crippen molar-refractivity contribution >= 4 is 68.2 Å². The van der Waals surface area contributed by atoms with E-state index in [0.717, 1.165) is 41.6 Å². The summed E-state index contributed by atoms with van der Waals surface area (Å²) in [6, 6.07) is 28.5. The van der Waals surface area contributed by atoms with E-state index in [2.05, 4.69) is 115 Å². The predicted molar refractivity (Wildman–Crippen MR) is 173 cm³/mol. The highest BCUT2D eigenvalue weighted by Gasteiger charge is 2.48. The highest BCUT2D eigenvalue weighted by Crippen LogP contribution is 2.56. The molecule has 9 rings (SSSR count). The Morgan fingerprint density at radius 3 is 2.05 bits per heavy atom. The van der Waals surface area contributed by atoms with E-state index in [9.17, 15) is 4.89 Å². The first-order valence-electron chi connectivity index (χ1n) is 14.3. The van der Waals surface area contributed by atoms with Gasteiger partial charge in [0.15, 0.2) is 0 Å². The van der Waals surface area contributed by atoms with Gasteiger partial charge in [-0.1, -0.05) is 85.0 Å². The van der Waals surface area contributed by atoms with Gasteiger partial charge in [0.2, 0.25) is 7.49 Å². The Morgan fingerprint density at radius 1 is 0.575 bits per heavy atom. The second kappa shape index (κ2) is 8.24. The van der Waals surface area contributed by atoms with E-state index in [1.165, 1.54) is 66.1 Å². The molecule has 5 aromatic rings. The zero-order valence-electron chi connectivity index (χ0n) is 22.2. The van der Waals surface area contributed by atoms with Gasteiger partial charge in [-0.05, 0) is 111 Å². The first kappa shape index (κ1) is 22.8. The van der Waals surface area contributed by atoms with Gasteiger partial charge < -0.3 is 0 Å².